The smallest absolute Gasteiger partial charge is 0.306 e. The maximum Gasteiger partial charge on any atom is 0.306 e. The van der Waals surface area contributed by atoms with Gasteiger partial charge in [0, 0.05) is 18.2 Å². The fourth-order valence-corrected chi connectivity index (χ4v) is 4.37. The zero-order valence-electron chi connectivity index (χ0n) is 13.2. The number of nitrogens with one attached hydrogen (secondary N) is 1. The van der Waals surface area contributed by atoms with Crippen LogP contribution in [-0.2, 0) is 4.79 Å². The van der Waals surface area contributed by atoms with Crippen molar-refractivity contribution < 1.29 is 14.7 Å². The molecule has 24 heavy (non-hydrogen) atoms. The molecule has 124 valence electrons. The van der Waals surface area contributed by atoms with Crippen LogP contribution in [0, 0.1) is 17.8 Å². The molecule has 1 amide bonds. The largest absolute Gasteiger partial charge is 0.481 e. The summed E-state index contributed by atoms with van der Waals surface area (Å²) in [7, 11) is 0. The summed E-state index contributed by atoms with van der Waals surface area (Å²) in [6.07, 6.45) is 5.50. The van der Waals surface area contributed by atoms with Crippen molar-refractivity contribution in [3.05, 3.63) is 35.7 Å². The van der Waals surface area contributed by atoms with E-state index in [-0.39, 0.29) is 23.8 Å². The molecule has 5 rings (SSSR count). The Labute approximate surface area is 138 Å². The summed E-state index contributed by atoms with van der Waals surface area (Å²) in [5.41, 5.74) is 2.39. The van der Waals surface area contributed by atoms with Gasteiger partial charge in [0.2, 0.25) is 0 Å². The molecule has 4 atom stereocenters. The first-order chi connectivity index (χ1) is 11.6. The van der Waals surface area contributed by atoms with Crippen molar-refractivity contribution in [2.75, 3.05) is 0 Å². The molecule has 0 unspecified atom stereocenters. The second-order valence-electron chi connectivity index (χ2n) is 7.39. The Kier molecular flexibility index (Phi) is 2.81. The van der Waals surface area contributed by atoms with Gasteiger partial charge in [0.05, 0.1) is 22.7 Å². The van der Waals surface area contributed by atoms with Gasteiger partial charge in [0.25, 0.3) is 5.91 Å². The molecular formula is C18H19N3O3. The number of aliphatic carboxylic acids is 1. The van der Waals surface area contributed by atoms with Gasteiger partial charge in [-0.2, -0.15) is 5.10 Å². The summed E-state index contributed by atoms with van der Waals surface area (Å²) >= 11 is 0. The van der Waals surface area contributed by atoms with Crippen molar-refractivity contribution in [1.29, 1.82) is 0 Å². The Balaban J connectivity index is 1.44. The molecule has 2 N–H and O–H groups in total. The van der Waals surface area contributed by atoms with Crippen molar-refractivity contribution in [3.63, 3.8) is 0 Å². The number of pyridine rings is 1. The summed E-state index contributed by atoms with van der Waals surface area (Å²) in [6, 6.07) is 5.72. The average molecular weight is 325 g/mol. The molecular weight excluding hydrogens is 306 g/mol. The minimum atomic E-state index is -0.728. The van der Waals surface area contributed by atoms with Crippen LogP contribution in [-0.4, -0.2) is 32.6 Å². The molecule has 3 fully saturated rings. The number of rotatable bonds is 4. The lowest BCUT2D eigenvalue weighted by atomic mass is 10.0. The first-order valence-corrected chi connectivity index (χ1v) is 8.64. The number of carboxylic acids is 1. The van der Waals surface area contributed by atoms with Crippen LogP contribution in [0.3, 0.4) is 0 Å². The van der Waals surface area contributed by atoms with Gasteiger partial charge in [-0.25, -0.2) is 4.52 Å². The van der Waals surface area contributed by atoms with Crippen molar-refractivity contribution in [1.82, 2.24) is 14.9 Å². The Morgan fingerprint density at radius 2 is 2.04 bits per heavy atom. The van der Waals surface area contributed by atoms with Crippen LogP contribution in [0.5, 0.6) is 0 Å². The molecule has 2 aromatic heterocycles. The third-order valence-electron chi connectivity index (χ3n) is 5.82. The predicted octanol–water partition coefficient (Wildman–Crippen LogP) is 2.05. The lowest BCUT2D eigenvalue weighted by Gasteiger charge is -2.16. The fraction of sp³-hybridized carbons (Fsp3) is 0.500. The first-order valence-electron chi connectivity index (χ1n) is 8.64. The molecule has 3 aliphatic carbocycles. The highest BCUT2D eigenvalue weighted by molar-refractivity contribution is 6.02. The number of nitrogens with zero attached hydrogens (tertiary/aromatic N) is 2. The number of carboxylic acid groups (broad SMARTS) is 1. The van der Waals surface area contributed by atoms with Crippen LogP contribution in [0.2, 0.25) is 0 Å². The Hall–Kier alpha value is -2.37. The minimum Gasteiger partial charge on any atom is -0.481 e. The van der Waals surface area contributed by atoms with E-state index in [1.165, 1.54) is 0 Å². The Bertz CT molecular complexity index is 854. The number of hydrogen-bond donors (Lipinski definition) is 2. The molecule has 3 saturated carbocycles. The maximum absolute atomic E-state index is 13.0. The van der Waals surface area contributed by atoms with Gasteiger partial charge in [-0.05, 0) is 49.7 Å². The zero-order valence-corrected chi connectivity index (χ0v) is 13.2. The van der Waals surface area contributed by atoms with Crippen LogP contribution in [0.1, 0.15) is 47.7 Å². The normalized spacial score (nSPS) is 31.0. The third-order valence-corrected chi connectivity index (χ3v) is 5.82. The quantitative estimate of drug-likeness (QED) is 0.901. The van der Waals surface area contributed by atoms with E-state index in [0.717, 1.165) is 30.5 Å². The number of aromatic nitrogens is 2. The van der Waals surface area contributed by atoms with E-state index >= 15 is 0 Å². The summed E-state index contributed by atoms with van der Waals surface area (Å²) < 4.78 is 1.77. The van der Waals surface area contributed by atoms with Crippen LogP contribution in [0.25, 0.3) is 5.52 Å². The minimum absolute atomic E-state index is 0.0192. The zero-order chi connectivity index (χ0) is 16.4. The van der Waals surface area contributed by atoms with Gasteiger partial charge in [-0.15, -0.1) is 0 Å². The molecule has 0 aliphatic heterocycles. The number of fused-ring (bicyclic) bond motifs is 2. The summed E-state index contributed by atoms with van der Waals surface area (Å²) in [5.74, 6) is -0.156. The van der Waals surface area contributed by atoms with Crippen LogP contribution in [0.4, 0.5) is 0 Å². The third kappa shape index (κ3) is 2.05. The standard InChI is InChI=1S/C18H19N3O3/c22-17(19-13-8-12(18(23)24)10-7-11(10)13)15-14-3-1-2-6-21(14)20-16(15)9-4-5-9/h1-3,6,9-13H,4-5,7-8H2,(H,19,22)(H,23,24)/t10-,11+,12-,13+/m1/s1. The molecule has 6 nitrogen and oxygen atoms in total. The van der Waals surface area contributed by atoms with Gasteiger partial charge < -0.3 is 10.4 Å². The number of amides is 1. The number of carbonyl (C=O) groups excluding carboxylic acids is 1. The van der Waals surface area contributed by atoms with E-state index in [0.29, 0.717) is 23.8 Å². The van der Waals surface area contributed by atoms with E-state index in [2.05, 4.69) is 10.4 Å². The van der Waals surface area contributed by atoms with E-state index < -0.39 is 5.97 Å². The molecule has 2 aromatic rings. The van der Waals surface area contributed by atoms with E-state index in [1.807, 2.05) is 24.4 Å². The highest BCUT2D eigenvalue weighted by Gasteiger charge is 2.57. The second-order valence-corrected chi connectivity index (χ2v) is 7.39. The average Bonchev–Trinajstić information content (AvgIpc) is 3.47. The molecule has 2 heterocycles. The maximum atomic E-state index is 13.0. The van der Waals surface area contributed by atoms with Crippen LogP contribution < -0.4 is 5.32 Å². The lowest BCUT2D eigenvalue weighted by Crippen LogP contribution is -2.36. The van der Waals surface area contributed by atoms with Gasteiger partial charge >= 0.3 is 5.97 Å². The van der Waals surface area contributed by atoms with E-state index in [1.54, 1.807) is 4.52 Å². The summed E-state index contributed by atoms with van der Waals surface area (Å²) in [6.45, 7) is 0. The monoisotopic (exact) mass is 325 g/mol. The summed E-state index contributed by atoms with van der Waals surface area (Å²) in [4.78, 5) is 24.3. The highest BCUT2D eigenvalue weighted by atomic mass is 16.4. The van der Waals surface area contributed by atoms with Gasteiger partial charge in [0.15, 0.2) is 0 Å². The molecule has 0 saturated heterocycles. The van der Waals surface area contributed by atoms with Crippen molar-refractivity contribution >= 4 is 17.4 Å². The Morgan fingerprint density at radius 3 is 2.75 bits per heavy atom. The van der Waals surface area contributed by atoms with Crippen molar-refractivity contribution in [3.8, 4) is 0 Å². The number of carbonyl (C=O) groups is 2. The second kappa shape index (κ2) is 4.82. The number of hydrogen-bond acceptors (Lipinski definition) is 3. The molecule has 0 spiro atoms. The highest BCUT2D eigenvalue weighted by Crippen LogP contribution is 2.55. The molecule has 0 aromatic carbocycles. The fourth-order valence-electron chi connectivity index (χ4n) is 4.37. The molecule has 0 radical (unpaired) electrons. The molecule has 3 aliphatic rings. The predicted molar refractivity (Wildman–Crippen MR) is 85.8 cm³/mol. The van der Waals surface area contributed by atoms with Crippen molar-refractivity contribution in [2.45, 2.75) is 37.6 Å². The van der Waals surface area contributed by atoms with Gasteiger partial charge in [-0.3, -0.25) is 9.59 Å². The van der Waals surface area contributed by atoms with E-state index in [9.17, 15) is 14.7 Å². The Morgan fingerprint density at radius 1 is 1.21 bits per heavy atom. The lowest BCUT2D eigenvalue weighted by molar-refractivity contribution is -0.142. The summed E-state index contributed by atoms with van der Waals surface area (Å²) in [5, 5.41) is 17.0. The molecule has 0 bridgehead atoms. The van der Waals surface area contributed by atoms with E-state index in [4.69, 9.17) is 0 Å². The van der Waals surface area contributed by atoms with Gasteiger partial charge in [-0.1, -0.05) is 6.07 Å². The van der Waals surface area contributed by atoms with Gasteiger partial charge in [0.1, 0.15) is 0 Å². The topological polar surface area (TPSA) is 83.7 Å². The van der Waals surface area contributed by atoms with Crippen LogP contribution >= 0.6 is 0 Å². The van der Waals surface area contributed by atoms with Crippen molar-refractivity contribution in [2.24, 2.45) is 17.8 Å². The molecule has 6 heteroatoms. The first kappa shape index (κ1) is 14.0. The SMILES string of the molecule is O=C(N[C@H]1C[C@@H](C(=O)O)[C@@H]2C[C@@H]21)c1c(C2CC2)nn2ccccc12. The van der Waals surface area contributed by atoms with Crippen LogP contribution in [0.15, 0.2) is 24.4 Å².